The van der Waals surface area contributed by atoms with Crippen molar-refractivity contribution in [3.05, 3.63) is 72.3 Å². The predicted molar refractivity (Wildman–Crippen MR) is 88.6 cm³/mol. The van der Waals surface area contributed by atoms with Crippen molar-refractivity contribution in [3.63, 3.8) is 0 Å². The van der Waals surface area contributed by atoms with E-state index in [9.17, 15) is 13.2 Å². The van der Waals surface area contributed by atoms with E-state index in [-0.39, 0.29) is 4.90 Å². The zero-order chi connectivity index (χ0) is 16.7. The van der Waals surface area contributed by atoms with Gasteiger partial charge in [-0.15, -0.1) is 0 Å². The first kappa shape index (κ1) is 16.8. The molecule has 0 saturated heterocycles. The van der Waals surface area contributed by atoms with Crippen molar-refractivity contribution in [2.45, 2.75) is 11.3 Å². The van der Waals surface area contributed by atoms with Crippen molar-refractivity contribution >= 4 is 21.7 Å². The molecular formula is C17H17NO4S. The highest BCUT2D eigenvalue weighted by Gasteiger charge is 2.14. The number of hydrogen-bond acceptors (Lipinski definition) is 4. The summed E-state index contributed by atoms with van der Waals surface area (Å²) < 4.78 is 31.8. The molecule has 2 aromatic carbocycles. The number of carbonyl (C=O) groups is 1. The van der Waals surface area contributed by atoms with Gasteiger partial charge in [-0.1, -0.05) is 36.4 Å². The highest BCUT2D eigenvalue weighted by molar-refractivity contribution is 7.92. The normalized spacial score (nSPS) is 11.3. The van der Waals surface area contributed by atoms with Crippen molar-refractivity contribution in [3.8, 4) is 0 Å². The summed E-state index contributed by atoms with van der Waals surface area (Å²) in [5.41, 5.74) is 1.28. The first-order valence-electron chi connectivity index (χ1n) is 6.92. The largest absolute Gasteiger partial charge is 0.466 e. The van der Waals surface area contributed by atoms with Crippen molar-refractivity contribution in [2.75, 3.05) is 11.8 Å². The molecule has 0 aliphatic rings. The standard InChI is InChI=1S/C17H17NO4S/c1-22-17(19)12-6-8-14-7-5-11-16(13-14)23(20,21)18-15-9-3-2-4-10-15/h2-7,9-13,18H,8H2,1H3/b12-6+. The summed E-state index contributed by atoms with van der Waals surface area (Å²) in [6.45, 7) is 0. The van der Waals surface area contributed by atoms with Crippen molar-refractivity contribution in [2.24, 2.45) is 0 Å². The molecule has 0 unspecified atom stereocenters. The Kier molecular flexibility index (Phi) is 5.54. The predicted octanol–water partition coefficient (Wildman–Crippen LogP) is 2.76. The smallest absolute Gasteiger partial charge is 0.330 e. The zero-order valence-corrected chi connectivity index (χ0v) is 13.4. The molecule has 2 rings (SSSR count). The fourth-order valence-electron chi connectivity index (χ4n) is 1.92. The maximum absolute atomic E-state index is 12.4. The van der Waals surface area contributed by atoms with E-state index in [4.69, 9.17) is 0 Å². The summed E-state index contributed by atoms with van der Waals surface area (Å²) in [5.74, 6) is -0.445. The summed E-state index contributed by atoms with van der Waals surface area (Å²) in [7, 11) is -2.35. The Hall–Kier alpha value is -2.60. The van der Waals surface area contributed by atoms with E-state index in [1.807, 2.05) is 6.07 Å². The van der Waals surface area contributed by atoms with Crippen molar-refractivity contribution in [1.29, 1.82) is 0 Å². The quantitative estimate of drug-likeness (QED) is 0.652. The number of carbonyl (C=O) groups excluding carboxylic acids is 1. The number of para-hydroxylation sites is 1. The number of methoxy groups -OCH3 is 1. The molecule has 0 heterocycles. The number of rotatable bonds is 6. The first-order chi connectivity index (χ1) is 11.0. The highest BCUT2D eigenvalue weighted by atomic mass is 32.2. The molecule has 6 heteroatoms. The van der Waals surface area contributed by atoms with Crippen LogP contribution in [-0.2, 0) is 26.0 Å². The fraction of sp³-hybridized carbons (Fsp3) is 0.118. The van der Waals surface area contributed by atoms with Crippen LogP contribution in [0, 0.1) is 0 Å². The Labute approximate surface area is 135 Å². The summed E-state index contributed by atoms with van der Waals surface area (Å²) in [4.78, 5) is 11.2. The molecule has 0 aliphatic heterocycles. The molecule has 0 saturated carbocycles. The molecule has 120 valence electrons. The maximum Gasteiger partial charge on any atom is 0.330 e. The minimum atomic E-state index is -3.65. The van der Waals surface area contributed by atoms with Gasteiger partial charge < -0.3 is 4.74 Å². The molecule has 0 amide bonds. The minimum Gasteiger partial charge on any atom is -0.466 e. The van der Waals surface area contributed by atoms with E-state index in [0.717, 1.165) is 5.56 Å². The highest BCUT2D eigenvalue weighted by Crippen LogP contribution is 2.17. The van der Waals surface area contributed by atoms with Gasteiger partial charge in [-0.05, 0) is 36.2 Å². The Balaban J connectivity index is 2.15. The van der Waals surface area contributed by atoms with Crippen LogP contribution >= 0.6 is 0 Å². The van der Waals surface area contributed by atoms with Gasteiger partial charge in [0.25, 0.3) is 10.0 Å². The third kappa shape index (κ3) is 4.96. The van der Waals surface area contributed by atoms with Crippen LogP contribution in [0.15, 0.2) is 71.6 Å². The topological polar surface area (TPSA) is 72.5 Å². The van der Waals surface area contributed by atoms with Gasteiger partial charge in [-0.25, -0.2) is 13.2 Å². The molecule has 0 atom stereocenters. The van der Waals surface area contributed by atoms with Crippen LogP contribution in [-0.4, -0.2) is 21.5 Å². The minimum absolute atomic E-state index is 0.172. The Morgan fingerprint density at radius 2 is 1.87 bits per heavy atom. The van der Waals surface area contributed by atoms with Crippen LogP contribution in [0.3, 0.4) is 0 Å². The average Bonchev–Trinajstić information content (AvgIpc) is 2.55. The lowest BCUT2D eigenvalue weighted by Crippen LogP contribution is -2.13. The van der Waals surface area contributed by atoms with Crippen LogP contribution in [0.4, 0.5) is 5.69 Å². The lowest BCUT2D eigenvalue weighted by Gasteiger charge is -2.09. The number of ether oxygens (including phenoxy) is 1. The van der Waals surface area contributed by atoms with Crippen LogP contribution < -0.4 is 4.72 Å². The average molecular weight is 331 g/mol. The van der Waals surface area contributed by atoms with E-state index in [2.05, 4.69) is 9.46 Å². The number of hydrogen-bond donors (Lipinski definition) is 1. The summed E-state index contributed by atoms with van der Waals surface area (Å²) in [5, 5.41) is 0. The molecule has 0 aliphatic carbocycles. The molecule has 0 fully saturated rings. The van der Waals surface area contributed by atoms with Crippen molar-refractivity contribution in [1.82, 2.24) is 0 Å². The second-order valence-electron chi connectivity index (χ2n) is 4.75. The summed E-state index contributed by atoms with van der Waals surface area (Å²) in [6.07, 6.45) is 3.37. The number of anilines is 1. The molecule has 23 heavy (non-hydrogen) atoms. The third-order valence-corrected chi connectivity index (χ3v) is 4.42. The van der Waals surface area contributed by atoms with Crippen LogP contribution in [0.5, 0.6) is 0 Å². The molecule has 1 N–H and O–H groups in total. The Bertz CT molecular complexity index is 798. The SMILES string of the molecule is COC(=O)/C=C/Cc1cccc(S(=O)(=O)Nc2ccccc2)c1. The Morgan fingerprint density at radius 3 is 2.57 bits per heavy atom. The number of nitrogens with one attached hydrogen (secondary N) is 1. The van der Waals surface area contributed by atoms with Gasteiger partial charge in [0, 0.05) is 11.8 Å². The van der Waals surface area contributed by atoms with Gasteiger partial charge in [0.2, 0.25) is 0 Å². The lowest BCUT2D eigenvalue weighted by molar-refractivity contribution is -0.134. The van der Waals surface area contributed by atoms with Crippen LogP contribution in [0.1, 0.15) is 5.56 Å². The van der Waals surface area contributed by atoms with E-state index in [0.29, 0.717) is 12.1 Å². The molecule has 0 radical (unpaired) electrons. The monoisotopic (exact) mass is 331 g/mol. The van der Waals surface area contributed by atoms with Gasteiger partial charge >= 0.3 is 5.97 Å². The fourth-order valence-corrected chi connectivity index (χ4v) is 3.05. The second-order valence-corrected chi connectivity index (χ2v) is 6.43. The van der Waals surface area contributed by atoms with E-state index in [1.165, 1.54) is 19.3 Å². The van der Waals surface area contributed by atoms with E-state index in [1.54, 1.807) is 48.5 Å². The Morgan fingerprint density at radius 1 is 1.13 bits per heavy atom. The van der Waals surface area contributed by atoms with Gasteiger partial charge in [0.05, 0.1) is 12.0 Å². The zero-order valence-electron chi connectivity index (χ0n) is 12.6. The summed E-state index contributed by atoms with van der Waals surface area (Å²) in [6, 6.07) is 15.3. The summed E-state index contributed by atoms with van der Waals surface area (Å²) >= 11 is 0. The van der Waals surface area contributed by atoms with Gasteiger partial charge in [-0.2, -0.15) is 0 Å². The molecule has 5 nitrogen and oxygen atoms in total. The second kappa shape index (κ2) is 7.60. The first-order valence-corrected chi connectivity index (χ1v) is 8.41. The van der Waals surface area contributed by atoms with Gasteiger partial charge in [0.15, 0.2) is 0 Å². The van der Waals surface area contributed by atoms with Gasteiger partial charge in [-0.3, -0.25) is 4.72 Å². The molecule has 2 aromatic rings. The van der Waals surface area contributed by atoms with Crippen molar-refractivity contribution < 1.29 is 17.9 Å². The number of allylic oxidation sites excluding steroid dienone is 1. The number of sulfonamides is 1. The van der Waals surface area contributed by atoms with Crippen LogP contribution in [0.25, 0.3) is 0 Å². The van der Waals surface area contributed by atoms with Crippen LogP contribution in [0.2, 0.25) is 0 Å². The number of benzene rings is 2. The molecule has 0 bridgehead atoms. The maximum atomic E-state index is 12.4. The number of esters is 1. The third-order valence-electron chi connectivity index (χ3n) is 3.04. The van der Waals surface area contributed by atoms with E-state index >= 15 is 0 Å². The van der Waals surface area contributed by atoms with E-state index < -0.39 is 16.0 Å². The lowest BCUT2D eigenvalue weighted by atomic mass is 10.1. The molecular weight excluding hydrogens is 314 g/mol. The molecule has 0 spiro atoms. The van der Waals surface area contributed by atoms with Gasteiger partial charge in [0.1, 0.15) is 0 Å². The molecule has 0 aromatic heterocycles.